The maximum atomic E-state index is 12.2. The van der Waals surface area contributed by atoms with Gasteiger partial charge in [0.25, 0.3) is 0 Å². The third kappa shape index (κ3) is 5.44. The van der Waals surface area contributed by atoms with Crippen molar-refractivity contribution < 1.29 is 19.2 Å². The van der Waals surface area contributed by atoms with Gasteiger partial charge >= 0.3 is 5.97 Å². The molecule has 0 aliphatic heterocycles. The van der Waals surface area contributed by atoms with Crippen LogP contribution in [0.15, 0.2) is 52.8 Å². The summed E-state index contributed by atoms with van der Waals surface area (Å²) in [5, 5.41) is 8.28. The Morgan fingerprint density at radius 3 is 2.21 bits per heavy atom. The smallest absolute Gasteiger partial charge is 0.360 e. The van der Waals surface area contributed by atoms with Crippen LogP contribution in [0.3, 0.4) is 0 Å². The van der Waals surface area contributed by atoms with Gasteiger partial charge in [-0.05, 0) is 30.9 Å². The van der Waals surface area contributed by atoms with Crippen LogP contribution in [-0.2, 0) is 25.8 Å². The van der Waals surface area contributed by atoms with Gasteiger partial charge in [0, 0.05) is 16.7 Å². The first kappa shape index (κ1) is 22.1. The fourth-order valence-electron chi connectivity index (χ4n) is 2.99. The molecule has 0 saturated carbocycles. The lowest BCUT2D eigenvalue weighted by atomic mass is 9.96. The minimum absolute atomic E-state index is 0.0873. The van der Waals surface area contributed by atoms with Crippen molar-refractivity contribution in [3.63, 3.8) is 0 Å². The van der Waals surface area contributed by atoms with Gasteiger partial charge in [-0.1, -0.05) is 66.6 Å². The monoisotopic (exact) mass is 396 g/mol. The summed E-state index contributed by atoms with van der Waals surface area (Å²) in [7, 11) is 2.69. The second kappa shape index (κ2) is 10.4. The molecule has 2 aromatic carbocycles. The third-order valence-corrected chi connectivity index (χ3v) is 4.57. The summed E-state index contributed by atoms with van der Waals surface area (Å²) in [5.74, 6) is -0.391. The van der Waals surface area contributed by atoms with Gasteiger partial charge in [0.05, 0.1) is 12.8 Å². The van der Waals surface area contributed by atoms with E-state index in [1.54, 1.807) is 6.07 Å². The SMILES string of the molecule is CO/N=C(/C(=O)OC)c1cccc(C)c1CO/N=C(/c1ccccc1C)C(C)C. The van der Waals surface area contributed by atoms with Crippen LogP contribution in [0.5, 0.6) is 0 Å². The molecule has 2 rings (SSSR count). The number of nitrogens with zero attached hydrogens (tertiary/aromatic N) is 2. The van der Waals surface area contributed by atoms with E-state index in [2.05, 4.69) is 37.1 Å². The van der Waals surface area contributed by atoms with Crippen LogP contribution in [0.2, 0.25) is 0 Å². The van der Waals surface area contributed by atoms with Crippen LogP contribution >= 0.6 is 0 Å². The summed E-state index contributed by atoms with van der Waals surface area (Å²) < 4.78 is 4.84. The Morgan fingerprint density at radius 1 is 0.931 bits per heavy atom. The Labute approximate surface area is 172 Å². The second-order valence-corrected chi connectivity index (χ2v) is 6.93. The largest absolute Gasteiger partial charge is 0.464 e. The van der Waals surface area contributed by atoms with Crippen molar-refractivity contribution in [2.24, 2.45) is 16.2 Å². The lowest BCUT2D eigenvalue weighted by Crippen LogP contribution is -2.20. The zero-order chi connectivity index (χ0) is 21.4. The minimum Gasteiger partial charge on any atom is -0.464 e. The van der Waals surface area contributed by atoms with Gasteiger partial charge in [-0.3, -0.25) is 0 Å². The van der Waals surface area contributed by atoms with Crippen LogP contribution in [0.25, 0.3) is 0 Å². The molecule has 0 saturated heterocycles. The molecule has 0 N–H and O–H groups in total. The molecule has 0 radical (unpaired) electrons. The molecule has 0 aliphatic rings. The van der Waals surface area contributed by atoms with E-state index in [9.17, 15) is 4.79 Å². The standard InChI is InChI=1S/C23H28N2O4/c1-15(2)21(18-12-8-7-10-16(18)3)25-29-14-20-17(4)11-9-13-19(20)22(24-28-6)23(26)27-5/h7-13,15H,14H2,1-6H3/b24-22+,25-21+. The maximum Gasteiger partial charge on any atom is 0.360 e. The van der Waals surface area contributed by atoms with Crippen LogP contribution in [0.1, 0.15) is 41.7 Å². The van der Waals surface area contributed by atoms with Gasteiger partial charge in [-0.25, -0.2) is 4.79 Å². The molecule has 0 unspecified atom stereocenters. The van der Waals surface area contributed by atoms with Gasteiger partial charge in [-0.2, -0.15) is 0 Å². The van der Waals surface area contributed by atoms with E-state index in [1.165, 1.54) is 14.2 Å². The Kier molecular flexibility index (Phi) is 7.95. The van der Waals surface area contributed by atoms with E-state index < -0.39 is 5.97 Å². The lowest BCUT2D eigenvalue weighted by Gasteiger charge is -2.15. The van der Waals surface area contributed by atoms with Crippen molar-refractivity contribution in [3.8, 4) is 0 Å². The van der Waals surface area contributed by atoms with Crippen LogP contribution in [0.4, 0.5) is 0 Å². The molecule has 0 heterocycles. The van der Waals surface area contributed by atoms with Crippen LogP contribution < -0.4 is 0 Å². The van der Waals surface area contributed by atoms with Crippen molar-refractivity contribution in [2.45, 2.75) is 34.3 Å². The van der Waals surface area contributed by atoms with E-state index in [4.69, 9.17) is 14.4 Å². The number of benzene rings is 2. The molecule has 2 aromatic rings. The first-order chi connectivity index (χ1) is 13.9. The van der Waals surface area contributed by atoms with Crippen LogP contribution in [0, 0.1) is 19.8 Å². The summed E-state index contributed by atoms with van der Waals surface area (Å²) >= 11 is 0. The number of oxime groups is 2. The number of hydrogen-bond donors (Lipinski definition) is 0. The molecule has 154 valence electrons. The lowest BCUT2D eigenvalue weighted by molar-refractivity contribution is -0.132. The van der Waals surface area contributed by atoms with E-state index in [0.29, 0.717) is 5.56 Å². The predicted molar refractivity (Wildman–Crippen MR) is 114 cm³/mol. The van der Waals surface area contributed by atoms with Crippen LogP contribution in [-0.4, -0.2) is 31.6 Å². The molecule has 6 heteroatoms. The van der Waals surface area contributed by atoms with Gasteiger partial charge in [0.2, 0.25) is 0 Å². The highest BCUT2D eigenvalue weighted by Crippen LogP contribution is 2.19. The summed E-state index contributed by atoms with van der Waals surface area (Å²) in [6.45, 7) is 8.33. The quantitative estimate of drug-likeness (QED) is 0.377. The number of carbonyl (C=O) groups is 1. The predicted octanol–water partition coefficient (Wildman–Crippen LogP) is 4.40. The zero-order valence-corrected chi connectivity index (χ0v) is 17.9. The maximum absolute atomic E-state index is 12.2. The van der Waals surface area contributed by atoms with Gasteiger partial charge in [0.15, 0.2) is 5.71 Å². The number of methoxy groups -OCH3 is 1. The molecule has 0 atom stereocenters. The van der Waals surface area contributed by atoms with E-state index in [1.807, 2.05) is 37.3 Å². The summed E-state index contributed by atoms with van der Waals surface area (Å²) in [6, 6.07) is 13.7. The highest BCUT2D eigenvalue weighted by molar-refractivity contribution is 6.43. The third-order valence-electron chi connectivity index (χ3n) is 4.57. The van der Waals surface area contributed by atoms with E-state index in [-0.39, 0.29) is 18.2 Å². The molecular weight excluding hydrogens is 368 g/mol. The number of ether oxygens (including phenoxy) is 1. The molecule has 6 nitrogen and oxygen atoms in total. The Balaban J connectivity index is 2.37. The number of aryl methyl sites for hydroxylation is 2. The van der Waals surface area contributed by atoms with Gasteiger partial charge < -0.3 is 14.4 Å². The van der Waals surface area contributed by atoms with Crippen molar-refractivity contribution in [2.75, 3.05) is 14.2 Å². The number of carbonyl (C=O) groups excluding carboxylic acids is 1. The molecule has 0 amide bonds. The molecule has 0 aliphatic carbocycles. The Bertz CT molecular complexity index is 917. The van der Waals surface area contributed by atoms with E-state index >= 15 is 0 Å². The molecule has 29 heavy (non-hydrogen) atoms. The molecule has 0 bridgehead atoms. The fraction of sp³-hybridized carbons (Fsp3) is 0.348. The highest BCUT2D eigenvalue weighted by Gasteiger charge is 2.21. The average molecular weight is 396 g/mol. The first-order valence-electron chi connectivity index (χ1n) is 9.44. The summed E-state index contributed by atoms with van der Waals surface area (Å²) in [6.07, 6.45) is 0. The molecule has 0 aromatic heterocycles. The Morgan fingerprint density at radius 2 is 1.59 bits per heavy atom. The average Bonchev–Trinajstić information content (AvgIpc) is 2.70. The van der Waals surface area contributed by atoms with Gasteiger partial charge in [0.1, 0.15) is 13.7 Å². The summed E-state index contributed by atoms with van der Waals surface area (Å²) in [4.78, 5) is 22.8. The molecule has 0 fully saturated rings. The van der Waals surface area contributed by atoms with Crippen molar-refractivity contribution in [3.05, 3.63) is 70.3 Å². The number of hydrogen-bond acceptors (Lipinski definition) is 6. The molecular formula is C23H28N2O4. The van der Waals surface area contributed by atoms with Crippen molar-refractivity contribution in [1.82, 2.24) is 0 Å². The highest BCUT2D eigenvalue weighted by atomic mass is 16.6. The number of esters is 1. The number of rotatable bonds is 8. The molecule has 0 spiro atoms. The second-order valence-electron chi connectivity index (χ2n) is 6.93. The zero-order valence-electron chi connectivity index (χ0n) is 17.9. The van der Waals surface area contributed by atoms with Gasteiger partial charge in [-0.15, -0.1) is 0 Å². The fourth-order valence-corrected chi connectivity index (χ4v) is 2.99. The summed E-state index contributed by atoms with van der Waals surface area (Å²) in [5.41, 5.74) is 5.50. The normalized spacial score (nSPS) is 12.1. The Hall–Kier alpha value is -3.15. The van der Waals surface area contributed by atoms with Crippen molar-refractivity contribution >= 4 is 17.4 Å². The topological polar surface area (TPSA) is 69.5 Å². The van der Waals surface area contributed by atoms with E-state index in [0.717, 1.165) is 28.0 Å². The minimum atomic E-state index is -0.579. The first-order valence-corrected chi connectivity index (χ1v) is 9.44. The van der Waals surface area contributed by atoms with Crippen molar-refractivity contribution in [1.29, 1.82) is 0 Å².